The second-order valence-corrected chi connectivity index (χ2v) is 7.04. The largest absolute Gasteiger partial charge is 0.415 e. The molecule has 1 heterocycles. The molecule has 0 saturated carbocycles. The molecular formula is C16H32F3N3O. The van der Waals surface area contributed by atoms with Crippen LogP contribution in [-0.4, -0.2) is 78.5 Å². The fourth-order valence-corrected chi connectivity index (χ4v) is 2.99. The van der Waals surface area contributed by atoms with Gasteiger partial charge in [0.05, 0.1) is 0 Å². The van der Waals surface area contributed by atoms with Crippen molar-refractivity contribution < 1.29 is 18.3 Å². The highest BCUT2D eigenvalue weighted by atomic mass is 19.4. The summed E-state index contributed by atoms with van der Waals surface area (Å²) in [5, 5.41) is 12.3. The van der Waals surface area contributed by atoms with Crippen molar-refractivity contribution in [1.29, 1.82) is 0 Å². The van der Waals surface area contributed by atoms with Gasteiger partial charge in [0.15, 0.2) is 6.10 Å². The van der Waals surface area contributed by atoms with Gasteiger partial charge in [-0.15, -0.1) is 0 Å². The summed E-state index contributed by atoms with van der Waals surface area (Å²) in [4.78, 5) is 4.79. The van der Waals surface area contributed by atoms with E-state index in [1.54, 1.807) is 13.8 Å². The molecule has 0 aromatic heterocycles. The van der Waals surface area contributed by atoms with Crippen molar-refractivity contribution in [2.75, 3.05) is 39.3 Å². The number of piperazine rings is 1. The van der Waals surface area contributed by atoms with E-state index in [1.807, 2.05) is 0 Å². The van der Waals surface area contributed by atoms with Gasteiger partial charge in [-0.25, -0.2) is 0 Å². The quantitative estimate of drug-likeness (QED) is 0.663. The van der Waals surface area contributed by atoms with Crippen LogP contribution in [0.3, 0.4) is 0 Å². The zero-order valence-corrected chi connectivity index (χ0v) is 14.7. The number of hydrogen-bond donors (Lipinski definition) is 2. The van der Waals surface area contributed by atoms with Gasteiger partial charge >= 0.3 is 6.18 Å². The molecule has 0 aromatic carbocycles. The van der Waals surface area contributed by atoms with E-state index < -0.39 is 18.3 Å². The Bertz CT molecular complexity index is 329. The third-order valence-corrected chi connectivity index (χ3v) is 4.56. The van der Waals surface area contributed by atoms with Gasteiger partial charge in [-0.2, -0.15) is 13.2 Å². The zero-order chi connectivity index (χ0) is 17.6. The predicted molar refractivity (Wildman–Crippen MR) is 86.5 cm³/mol. The Morgan fingerprint density at radius 3 is 2.04 bits per heavy atom. The zero-order valence-electron chi connectivity index (χ0n) is 14.7. The summed E-state index contributed by atoms with van der Waals surface area (Å²) < 4.78 is 38.0. The molecule has 2 N–H and O–H groups in total. The van der Waals surface area contributed by atoms with Gasteiger partial charge in [0.25, 0.3) is 0 Å². The third kappa shape index (κ3) is 6.95. The van der Waals surface area contributed by atoms with Crippen LogP contribution in [0.25, 0.3) is 0 Å². The smallest absolute Gasteiger partial charge is 0.382 e. The van der Waals surface area contributed by atoms with Gasteiger partial charge in [-0.05, 0) is 39.3 Å². The number of rotatable bonds is 8. The Morgan fingerprint density at radius 2 is 1.61 bits per heavy atom. The average molecular weight is 339 g/mol. The summed E-state index contributed by atoms with van der Waals surface area (Å²) >= 11 is 0. The van der Waals surface area contributed by atoms with Crippen molar-refractivity contribution in [2.45, 2.75) is 58.5 Å². The Balaban J connectivity index is 2.27. The summed E-state index contributed by atoms with van der Waals surface area (Å²) in [6.45, 7) is 13.3. The van der Waals surface area contributed by atoms with Crippen molar-refractivity contribution in [1.82, 2.24) is 15.1 Å². The molecule has 0 spiro atoms. The van der Waals surface area contributed by atoms with Crippen LogP contribution in [-0.2, 0) is 0 Å². The first kappa shape index (κ1) is 20.7. The highest BCUT2D eigenvalue weighted by Crippen LogP contribution is 2.25. The number of nitrogens with zero attached hydrogens (tertiary/aromatic N) is 2. The Kier molecular flexibility index (Phi) is 8.27. The minimum Gasteiger partial charge on any atom is -0.382 e. The highest BCUT2D eigenvalue weighted by molar-refractivity contribution is 4.84. The molecule has 4 nitrogen and oxygen atoms in total. The van der Waals surface area contributed by atoms with E-state index >= 15 is 0 Å². The third-order valence-electron chi connectivity index (χ3n) is 4.56. The minimum atomic E-state index is -4.57. The molecule has 0 unspecified atom stereocenters. The molecule has 1 aliphatic rings. The van der Waals surface area contributed by atoms with E-state index in [9.17, 15) is 18.3 Å². The lowest BCUT2D eigenvalue weighted by Crippen LogP contribution is -2.52. The van der Waals surface area contributed by atoms with Gasteiger partial charge in [0, 0.05) is 38.3 Å². The van der Waals surface area contributed by atoms with Gasteiger partial charge in [-0.1, -0.05) is 13.8 Å². The van der Waals surface area contributed by atoms with Crippen LogP contribution < -0.4 is 5.32 Å². The van der Waals surface area contributed by atoms with Crippen LogP contribution in [0.1, 0.15) is 34.1 Å². The topological polar surface area (TPSA) is 38.7 Å². The van der Waals surface area contributed by atoms with Crippen LogP contribution >= 0.6 is 0 Å². The fourth-order valence-electron chi connectivity index (χ4n) is 2.99. The van der Waals surface area contributed by atoms with Crippen LogP contribution in [0.15, 0.2) is 0 Å². The van der Waals surface area contributed by atoms with Gasteiger partial charge < -0.3 is 15.3 Å². The predicted octanol–water partition coefficient (Wildman–Crippen LogP) is 1.94. The second kappa shape index (κ2) is 9.20. The van der Waals surface area contributed by atoms with E-state index in [1.165, 1.54) is 0 Å². The van der Waals surface area contributed by atoms with E-state index in [4.69, 9.17) is 0 Å². The molecule has 2 atom stereocenters. The van der Waals surface area contributed by atoms with Crippen LogP contribution in [0, 0.1) is 5.92 Å². The van der Waals surface area contributed by atoms with Crippen molar-refractivity contribution in [3.63, 3.8) is 0 Å². The lowest BCUT2D eigenvalue weighted by atomic mass is 9.98. The minimum absolute atomic E-state index is 0.277. The van der Waals surface area contributed by atoms with Crippen molar-refractivity contribution in [3.05, 3.63) is 0 Å². The SMILES string of the molecule is CC(C)[C@H](NCCCN1CCN(C(C)C)CC1)[C@H](O)C(F)(F)F. The summed E-state index contributed by atoms with van der Waals surface area (Å²) in [7, 11) is 0. The highest BCUT2D eigenvalue weighted by Gasteiger charge is 2.44. The molecule has 1 rings (SSSR count). The average Bonchev–Trinajstić information content (AvgIpc) is 2.45. The molecule has 1 aliphatic heterocycles. The van der Waals surface area contributed by atoms with E-state index in [2.05, 4.69) is 29.0 Å². The van der Waals surface area contributed by atoms with E-state index in [0.29, 0.717) is 12.6 Å². The van der Waals surface area contributed by atoms with Crippen LogP contribution in [0.5, 0.6) is 0 Å². The molecule has 7 heteroatoms. The Morgan fingerprint density at radius 1 is 1.04 bits per heavy atom. The van der Waals surface area contributed by atoms with Crippen LogP contribution in [0.4, 0.5) is 13.2 Å². The molecule has 0 bridgehead atoms. The molecule has 0 aromatic rings. The lowest BCUT2D eigenvalue weighted by molar-refractivity contribution is -0.215. The number of aliphatic hydroxyl groups is 1. The van der Waals surface area contributed by atoms with E-state index in [-0.39, 0.29) is 5.92 Å². The molecule has 0 aliphatic carbocycles. The first-order chi connectivity index (χ1) is 10.6. The van der Waals surface area contributed by atoms with Crippen molar-refractivity contribution >= 4 is 0 Å². The maximum Gasteiger partial charge on any atom is 0.415 e. The number of halogens is 3. The van der Waals surface area contributed by atoms with Gasteiger partial charge in [-0.3, -0.25) is 4.90 Å². The Labute approximate surface area is 138 Å². The molecular weight excluding hydrogens is 307 g/mol. The van der Waals surface area contributed by atoms with E-state index in [0.717, 1.165) is 39.1 Å². The molecule has 138 valence electrons. The molecule has 1 saturated heterocycles. The lowest BCUT2D eigenvalue weighted by Gasteiger charge is -2.37. The summed E-state index contributed by atoms with van der Waals surface area (Å²) in [5.41, 5.74) is 0. The van der Waals surface area contributed by atoms with Crippen molar-refractivity contribution in [2.24, 2.45) is 5.92 Å². The maximum atomic E-state index is 12.7. The number of hydrogen-bond acceptors (Lipinski definition) is 4. The summed E-state index contributed by atoms with van der Waals surface area (Å²) in [6.07, 6.45) is -6.10. The standard InChI is InChI=1S/C16H32F3N3O/c1-12(2)14(15(23)16(17,18)19)20-6-5-7-21-8-10-22(11-9-21)13(3)4/h12-15,20,23H,5-11H2,1-4H3/t14-,15-/m0/s1. The second-order valence-electron chi connectivity index (χ2n) is 7.04. The van der Waals surface area contributed by atoms with Crippen LogP contribution in [0.2, 0.25) is 0 Å². The molecule has 1 fully saturated rings. The normalized spacial score (nSPS) is 21.1. The fraction of sp³-hybridized carbons (Fsp3) is 1.00. The first-order valence-corrected chi connectivity index (χ1v) is 8.57. The number of alkyl halides is 3. The van der Waals surface area contributed by atoms with Gasteiger partial charge in [0.1, 0.15) is 0 Å². The molecule has 0 amide bonds. The number of nitrogens with one attached hydrogen (secondary N) is 1. The first-order valence-electron chi connectivity index (χ1n) is 8.57. The number of aliphatic hydroxyl groups excluding tert-OH is 1. The van der Waals surface area contributed by atoms with Gasteiger partial charge in [0.2, 0.25) is 0 Å². The molecule has 0 radical (unpaired) electrons. The summed E-state index contributed by atoms with van der Waals surface area (Å²) in [6, 6.07) is -0.387. The van der Waals surface area contributed by atoms with Crippen molar-refractivity contribution in [3.8, 4) is 0 Å². The summed E-state index contributed by atoms with van der Waals surface area (Å²) in [5.74, 6) is -0.277. The monoisotopic (exact) mass is 339 g/mol. The Hall–Kier alpha value is -0.370. The maximum absolute atomic E-state index is 12.7. The molecule has 23 heavy (non-hydrogen) atoms.